The highest BCUT2D eigenvalue weighted by Crippen LogP contribution is 2.14. The van der Waals surface area contributed by atoms with Gasteiger partial charge in [-0.25, -0.2) is 0 Å². The van der Waals surface area contributed by atoms with E-state index in [4.69, 9.17) is 4.74 Å². The van der Waals surface area contributed by atoms with Gasteiger partial charge in [0.1, 0.15) is 0 Å². The SMILES string of the molecule is O=COCCC1CCCO1. The summed E-state index contributed by atoms with van der Waals surface area (Å²) >= 11 is 0. The minimum Gasteiger partial charge on any atom is -0.468 e. The lowest BCUT2D eigenvalue weighted by Gasteiger charge is -2.06. The van der Waals surface area contributed by atoms with Crippen LogP contribution in [-0.4, -0.2) is 25.8 Å². The highest BCUT2D eigenvalue weighted by molar-refractivity contribution is 5.36. The number of ether oxygens (including phenoxy) is 2. The molecule has 0 aliphatic carbocycles. The zero-order valence-corrected chi connectivity index (χ0v) is 5.91. The first-order chi connectivity index (χ1) is 4.93. The van der Waals surface area contributed by atoms with Crippen molar-refractivity contribution in [3.8, 4) is 0 Å². The van der Waals surface area contributed by atoms with Crippen molar-refractivity contribution >= 4 is 6.47 Å². The molecule has 10 heavy (non-hydrogen) atoms. The van der Waals surface area contributed by atoms with E-state index in [1.807, 2.05) is 0 Å². The second-order valence-corrected chi connectivity index (χ2v) is 2.39. The maximum Gasteiger partial charge on any atom is 0.293 e. The molecule has 58 valence electrons. The highest BCUT2D eigenvalue weighted by atomic mass is 16.5. The number of hydrogen-bond acceptors (Lipinski definition) is 3. The fourth-order valence-electron chi connectivity index (χ4n) is 1.12. The normalized spacial score (nSPS) is 24.6. The molecule has 0 bridgehead atoms. The van der Waals surface area contributed by atoms with Crippen molar-refractivity contribution in [1.29, 1.82) is 0 Å². The molecule has 1 rings (SSSR count). The van der Waals surface area contributed by atoms with E-state index >= 15 is 0 Å². The van der Waals surface area contributed by atoms with Crippen molar-refractivity contribution in [2.45, 2.75) is 25.4 Å². The van der Waals surface area contributed by atoms with Gasteiger partial charge in [0, 0.05) is 13.0 Å². The van der Waals surface area contributed by atoms with E-state index in [2.05, 4.69) is 4.74 Å². The Morgan fingerprint density at radius 1 is 1.70 bits per heavy atom. The van der Waals surface area contributed by atoms with Gasteiger partial charge >= 0.3 is 0 Å². The van der Waals surface area contributed by atoms with Gasteiger partial charge in [0.15, 0.2) is 0 Å². The molecule has 0 aromatic rings. The molecule has 1 saturated heterocycles. The van der Waals surface area contributed by atoms with E-state index in [1.54, 1.807) is 0 Å². The molecule has 3 heteroatoms. The first-order valence-corrected chi connectivity index (χ1v) is 3.60. The molecule has 1 atom stereocenters. The molecule has 3 nitrogen and oxygen atoms in total. The van der Waals surface area contributed by atoms with Crippen LogP contribution in [0.15, 0.2) is 0 Å². The van der Waals surface area contributed by atoms with E-state index < -0.39 is 0 Å². The molecule has 0 radical (unpaired) electrons. The molecule has 0 aromatic carbocycles. The fraction of sp³-hybridized carbons (Fsp3) is 0.857. The zero-order valence-electron chi connectivity index (χ0n) is 5.91. The van der Waals surface area contributed by atoms with Gasteiger partial charge in [0.2, 0.25) is 0 Å². The summed E-state index contributed by atoms with van der Waals surface area (Å²) in [6.45, 7) is 1.84. The summed E-state index contributed by atoms with van der Waals surface area (Å²) in [5.74, 6) is 0. The third-order valence-electron chi connectivity index (χ3n) is 1.65. The second kappa shape index (κ2) is 4.28. The molecule has 1 unspecified atom stereocenters. The summed E-state index contributed by atoms with van der Waals surface area (Å²) in [4.78, 5) is 9.72. The van der Waals surface area contributed by atoms with Gasteiger partial charge in [-0.15, -0.1) is 0 Å². The Morgan fingerprint density at radius 3 is 3.20 bits per heavy atom. The molecule has 0 amide bonds. The fourth-order valence-corrected chi connectivity index (χ4v) is 1.12. The lowest BCUT2D eigenvalue weighted by atomic mass is 10.2. The molecular weight excluding hydrogens is 132 g/mol. The Bertz CT molecular complexity index is 97.0. The van der Waals surface area contributed by atoms with Crippen molar-refractivity contribution in [3.05, 3.63) is 0 Å². The van der Waals surface area contributed by atoms with E-state index in [9.17, 15) is 4.79 Å². The predicted octanol–water partition coefficient (Wildman–Crippen LogP) is 0.728. The van der Waals surface area contributed by atoms with Gasteiger partial charge in [0.25, 0.3) is 6.47 Å². The number of hydrogen-bond donors (Lipinski definition) is 0. The molecular formula is C7H12O3. The van der Waals surface area contributed by atoms with Crippen molar-refractivity contribution in [1.82, 2.24) is 0 Å². The zero-order chi connectivity index (χ0) is 7.23. The minimum atomic E-state index is 0.333. The van der Waals surface area contributed by atoms with Crippen molar-refractivity contribution in [2.75, 3.05) is 13.2 Å². The Morgan fingerprint density at radius 2 is 2.60 bits per heavy atom. The van der Waals surface area contributed by atoms with Crippen LogP contribution in [0.2, 0.25) is 0 Å². The lowest BCUT2D eigenvalue weighted by molar-refractivity contribution is -0.129. The van der Waals surface area contributed by atoms with Gasteiger partial charge in [-0.05, 0) is 12.8 Å². The number of rotatable bonds is 4. The van der Waals surface area contributed by atoms with Gasteiger partial charge in [0.05, 0.1) is 12.7 Å². The van der Waals surface area contributed by atoms with Crippen LogP contribution >= 0.6 is 0 Å². The summed E-state index contributed by atoms with van der Waals surface area (Å²) in [6.07, 6.45) is 3.44. The van der Waals surface area contributed by atoms with Gasteiger partial charge in [-0.1, -0.05) is 0 Å². The van der Waals surface area contributed by atoms with Crippen molar-refractivity contribution < 1.29 is 14.3 Å². The van der Waals surface area contributed by atoms with Crippen molar-refractivity contribution in [3.63, 3.8) is 0 Å². The van der Waals surface area contributed by atoms with Crippen LogP contribution in [0.25, 0.3) is 0 Å². The maximum atomic E-state index is 9.72. The van der Waals surface area contributed by atoms with Gasteiger partial charge in [-0.3, -0.25) is 4.79 Å². The molecule has 0 N–H and O–H groups in total. The first-order valence-electron chi connectivity index (χ1n) is 3.60. The van der Waals surface area contributed by atoms with Crippen LogP contribution < -0.4 is 0 Å². The Balaban J connectivity index is 1.96. The molecule has 1 heterocycles. The quantitative estimate of drug-likeness (QED) is 0.431. The van der Waals surface area contributed by atoms with E-state index in [0.717, 1.165) is 25.9 Å². The second-order valence-electron chi connectivity index (χ2n) is 2.39. The van der Waals surface area contributed by atoms with Crippen LogP contribution in [0.3, 0.4) is 0 Å². The summed E-state index contributed by atoms with van der Waals surface area (Å²) in [7, 11) is 0. The van der Waals surface area contributed by atoms with E-state index in [1.165, 1.54) is 0 Å². The average molecular weight is 144 g/mol. The predicted molar refractivity (Wildman–Crippen MR) is 35.6 cm³/mol. The van der Waals surface area contributed by atoms with Crippen LogP contribution in [-0.2, 0) is 14.3 Å². The van der Waals surface area contributed by atoms with E-state index in [0.29, 0.717) is 19.2 Å². The van der Waals surface area contributed by atoms with Gasteiger partial charge < -0.3 is 9.47 Å². The molecule has 1 aliphatic heterocycles. The molecule has 1 aliphatic rings. The largest absolute Gasteiger partial charge is 0.468 e. The van der Waals surface area contributed by atoms with Crippen LogP contribution in [0.4, 0.5) is 0 Å². The molecule has 1 fully saturated rings. The summed E-state index contributed by atoms with van der Waals surface area (Å²) in [5.41, 5.74) is 0. The Labute approximate surface area is 60.3 Å². The van der Waals surface area contributed by atoms with E-state index in [-0.39, 0.29) is 0 Å². The molecule has 0 aromatic heterocycles. The van der Waals surface area contributed by atoms with Gasteiger partial charge in [-0.2, -0.15) is 0 Å². The molecule has 0 spiro atoms. The smallest absolute Gasteiger partial charge is 0.293 e. The topological polar surface area (TPSA) is 35.5 Å². The minimum absolute atomic E-state index is 0.333. The van der Waals surface area contributed by atoms with Crippen molar-refractivity contribution in [2.24, 2.45) is 0 Å². The Kier molecular flexibility index (Phi) is 3.22. The number of carbonyl (C=O) groups is 1. The lowest BCUT2D eigenvalue weighted by Crippen LogP contribution is -2.08. The Hall–Kier alpha value is -0.570. The van der Waals surface area contributed by atoms with Crippen LogP contribution in [0.5, 0.6) is 0 Å². The standard InChI is InChI=1S/C7H12O3/c8-6-9-5-3-7-2-1-4-10-7/h6-7H,1-5H2. The number of carbonyl (C=O) groups excluding carboxylic acids is 1. The molecule has 0 saturated carbocycles. The summed E-state index contributed by atoms with van der Waals surface area (Å²) in [5, 5.41) is 0. The summed E-state index contributed by atoms with van der Waals surface area (Å²) in [6, 6.07) is 0. The highest BCUT2D eigenvalue weighted by Gasteiger charge is 2.14. The summed E-state index contributed by atoms with van der Waals surface area (Å²) < 4.78 is 9.84. The average Bonchev–Trinajstić information content (AvgIpc) is 2.41. The van der Waals surface area contributed by atoms with Crippen LogP contribution in [0.1, 0.15) is 19.3 Å². The first kappa shape index (κ1) is 7.54. The monoisotopic (exact) mass is 144 g/mol. The maximum absolute atomic E-state index is 9.72. The third kappa shape index (κ3) is 2.35. The third-order valence-corrected chi connectivity index (χ3v) is 1.65. The van der Waals surface area contributed by atoms with Crippen LogP contribution in [0, 0.1) is 0 Å².